The van der Waals surface area contributed by atoms with Crippen molar-refractivity contribution in [3.05, 3.63) is 35.5 Å². The van der Waals surface area contributed by atoms with Crippen LogP contribution in [0.5, 0.6) is 11.5 Å². The van der Waals surface area contributed by atoms with Gasteiger partial charge in [0.2, 0.25) is 0 Å². The Morgan fingerprint density at radius 2 is 1.89 bits per heavy atom. The lowest BCUT2D eigenvalue weighted by molar-refractivity contribution is 0.395. The number of methoxy groups -OCH3 is 2. The number of hydrogen-bond acceptors (Lipinski definition) is 3. The predicted octanol–water partition coefficient (Wildman–Crippen LogP) is 2.89. The van der Waals surface area contributed by atoms with Crippen molar-refractivity contribution >= 4 is 0 Å². The lowest BCUT2D eigenvalue weighted by Crippen LogP contribution is -1.97. The zero-order valence-electron chi connectivity index (χ0n) is 11.5. The SMILES string of the molecule is COc1ccc(-c2cc(C#N)c(C)n2C)c(OC)c1. The standard InChI is InChI=1S/C15H16N2O2/c1-10-11(9-16)7-14(17(10)2)13-6-5-12(18-3)8-15(13)19-4/h5-8H,1-4H3. The fraction of sp³-hybridized carbons (Fsp3) is 0.267. The minimum atomic E-state index is 0.676. The molecule has 4 nitrogen and oxygen atoms in total. The van der Waals surface area contributed by atoms with Crippen LogP contribution in [0.25, 0.3) is 11.3 Å². The molecule has 19 heavy (non-hydrogen) atoms. The Kier molecular flexibility index (Phi) is 3.48. The van der Waals surface area contributed by atoms with Crippen LogP contribution in [0, 0.1) is 18.3 Å². The highest BCUT2D eigenvalue weighted by molar-refractivity contribution is 5.71. The van der Waals surface area contributed by atoms with Gasteiger partial charge in [0.1, 0.15) is 17.6 Å². The molecule has 0 aliphatic rings. The van der Waals surface area contributed by atoms with Crippen LogP contribution in [0.1, 0.15) is 11.3 Å². The highest BCUT2D eigenvalue weighted by atomic mass is 16.5. The molecule has 0 bridgehead atoms. The molecule has 1 heterocycles. The van der Waals surface area contributed by atoms with Gasteiger partial charge in [0.15, 0.2) is 0 Å². The van der Waals surface area contributed by atoms with E-state index in [1.165, 1.54) is 0 Å². The van der Waals surface area contributed by atoms with Crippen LogP contribution >= 0.6 is 0 Å². The topological polar surface area (TPSA) is 47.2 Å². The summed E-state index contributed by atoms with van der Waals surface area (Å²) >= 11 is 0. The molecule has 0 aliphatic heterocycles. The number of rotatable bonds is 3. The average molecular weight is 256 g/mol. The maximum absolute atomic E-state index is 9.10. The normalized spacial score (nSPS) is 10.1. The fourth-order valence-corrected chi connectivity index (χ4v) is 2.08. The van der Waals surface area contributed by atoms with Crippen LogP contribution in [0.3, 0.4) is 0 Å². The second-order valence-corrected chi connectivity index (χ2v) is 4.27. The largest absolute Gasteiger partial charge is 0.497 e. The maximum Gasteiger partial charge on any atom is 0.131 e. The zero-order valence-corrected chi connectivity index (χ0v) is 11.5. The second-order valence-electron chi connectivity index (χ2n) is 4.27. The van der Waals surface area contributed by atoms with E-state index >= 15 is 0 Å². The Labute approximate surface area is 112 Å². The summed E-state index contributed by atoms with van der Waals surface area (Å²) in [5, 5.41) is 9.10. The van der Waals surface area contributed by atoms with Crippen molar-refractivity contribution < 1.29 is 9.47 Å². The molecule has 98 valence electrons. The van der Waals surface area contributed by atoms with Crippen molar-refractivity contribution in [3.8, 4) is 28.8 Å². The first-order valence-electron chi connectivity index (χ1n) is 5.91. The molecule has 0 unspecified atom stereocenters. The van der Waals surface area contributed by atoms with E-state index in [0.717, 1.165) is 28.5 Å². The molecule has 0 atom stereocenters. The first kappa shape index (κ1) is 13.0. The first-order chi connectivity index (χ1) is 9.12. The molecular formula is C15H16N2O2. The van der Waals surface area contributed by atoms with Gasteiger partial charge in [0, 0.05) is 24.4 Å². The van der Waals surface area contributed by atoms with Crippen LogP contribution in [0.2, 0.25) is 0 Å². The van der Waals surface area contributed by atoms with Crippen molar-refractivity contribution in [2.75, 3.05) is 14.2 Å². The molecule has 0 aliphatic carbocycles. The van der Waals surface area contributed by atoms with Gasteiger partial charge in [0.25, 0.3) is 0 Å². The van der Waals surface area contributed by atoms with Gasteiger partial charge in [-0.25, -0.2) is 0 Å². The van der Waals surface area contributed by atoms with E-state index in [-0.39, 0.29) is 0 Å². The van der Waals surface area contributed by atoms with Gasteiger partial charge < -0.3 is 14.0 Å². The molecule has 1 aromatic heterocycles. The molecule has 0 saturated heterocycles. The van der Waals surface area contributed by atoms with Gasteiger partial charge in [0.05, 0.1) is 25.5 Å². The summed E-state index contributed by atoms with van der Waals surface area (Å²) in [7, 11) is 5.18. The average Bonchev–Trinajstić information content (AvgIpc) is 2.74. The fourth-order valence-electron chi connectivity index (χ4n) is 2.08. The van der Waals surface area contributed by atoms with Crippen molar-refractivity contribution in [2.24, 2.45) is 7.05 Å². The smallest absolute Gasteiger partial charge is 0.131 e. The van der Waals surface area contributed by atoms with Gasteiger partial charge in [-0.2, -0.15) is 5.26 Å². The van der Waals surface area contributed by atoms with E-state index in [4.69, 9.17) is 14.7 Å². The summed E-state index contributed by atoms with van der Waals surface area (Å²) in [6.45, 7) is 1.93. The predicted molar refractivity (Wildman–Crippen MR) is 73.4 cm³/mol. The van der Waals surface area contributed by atoms with Crippen LogP contribution in [-0.4, -0.2) is 18.8 Å². The summed E-state index contributed by atoms with van der Waals surface area (Å²) in [5.74, 6) is 1.47. The number of aromatic nitrogens is 1. The van der Waals surface area contributed by atoms with E-state index in [1.807, 2.05) is 42.8 Å². The minimum Gasteiger partial charge on any atom is -0.497 e. The molecule has 0 saturated carbocycles. The minimum absolute atomic E-state index is 0.676. The van der Waals surface area contributed by atoms with E-state index in [0.29, 0.717) is 5.56 Å². The van der Waals surface area contributed by atoms with Gasteiger partial charge in [-0.3, -0.25) is 0 Å². The molecular weight excluding hydrogens is 240 g/mol. The van der Waals surface area contributed by atoms with E-state index < -0.39 is 0 Å². The monoisotopic (exact) mass is 256 g/mol. The second kappa shape index (κ2) is 5.07. The lowest BCUT2D eigenvalue weighted by Gasteiger charge is -2.11. The summed E-state index contributed by atoms with van der Waals surface area (Å²) in [6.07, 6.45) is 0. The Balaban J connectivity index is 2.62. The van der Waals surface area contributed by atoms with Crippen LogP contribution in [0.4, 0.5) is 0 Å². The Morgan fingerprint density at radius 1 is 1.16 bits per heavy atom. The van der Waals surface area contributed by atoms with Crippen LogP contribution in [0.15, 0.2) is 24.3 Å². The van der Waals surface area contributed by atoms with Gasteiger partial charge in [-0.1, -0.05) is 0 Å². The van der Waals surface area contributed by atoms with Gasteiger partial charge in [-0.15, -0.1) is 0 Å². The molecule has 2 rings (SSSR count). The van der Waals surface area contributed by atoms with E-state index in [1.54, 1.807) is 14.2 Å². The number of nitriles is 1. The van der Waals surface area contributed by atoms with Gasteiger partial charge in [-0.05, 0) is 25.1 Å². The van der Waals surface area contributed by atoms with Crippen molar-refractivity contribution in [1.29, 1.82) is 5.26 Å². The summed E-state index contributed by atoms with van der Waals surface area (Å²) < 4.78 is 12.6. The highest BCUT2D eigenvalue weighted by Gasteiger charge is 2.14. The molecule has 1 aromatic carbocycles. The third-order valence-electron chi connectivity index (χ3n) is 3.34. The molecule has 0 fully saturated rings. The quantitative estimate of drug-likeness (QED) is 0.848. The van der Waals surface area contributed by atoms with E-state index in [9.17, 15) is 0 Å². The van der Waals surface area contributed by atoms with Crippen molar-refractivity contribution in [2.45, 2.75) is 6.92 Å². The number of benzene rings is 1. The highest BCUT2D eigenvalue weighted by Crippen LogP contribution is 2.34. The third-order valence-corrected chi connectivity index (χ3v) is 3.34. The zero-order chi connectivity index (χ0) is 14.0. The lowest BCUT2D eigenvalue weighted by atomic mass is 10.1. The Morgan fingerprint density at radius 3 is 2.42 bits per heavy atom. The van der Waals surface area contributed by atoms with Crippen LogP contribution in [-0.2, 0) is 7.05 Å². The number of nitrogens with zero attached hydrogens (tertiary/aromatic N) is 2. The summed E-state index contributed by atoms with van der Waals surface area (Å²) in [5.41, 5.74) is 3.51. The van der Waals surface area contributed by atoms with Crippen LogP contribution < -0.4 is 9.47 Å². The summed E-state index contributed by atoms with van der Waals surface area (Å²) in [4.78, 5) is 0. The molecule has 0 radical (unpaired) electrons. The molecule has 0 spiro atoms. The molecule has 0 N–H and O–H groups in total. The molecule has 0 amide bonds. The van der Waals surface area contributed by atoms with E-state index in [2.05, 4.69) is 6.07 Å². The number of hydrogen-bond donors (Lipinski definition) is 0. The van der Waals surface area contributed by atoms with Gasteiger partial charge >= 0.3 is 0 Å². The van der Waals surface area contributed by atoms with Crippen molar-refractivity contribution in [1.82, 2.24) is 4.57 Å². The maximum atomic E-state index is 9.10. The number of ether oxygens (including phenoxy) is 2. The molecule has 4 heteroatoms. The Hall–Kier alpha value is -2.41. The Bertz CT molecular complexity index is 651. The third kappa shape index (κ3) is 2.15. The van der Waals surface area contributed by atoms with Crippen molar-refractivity contribution in [3.63, 3.8) is 0 Å². The summed E-state index contributed by atoms with van der Waals surface area (Å²) in [6, 6.07) is 9.73. The molecule has 2 aromatic rings. The first-order valence-corrected chi connectivity index (χ1v) is 5.91.